The molecule has 2 atom stereocenters. The van der Waals surface area contributed by atoms with Gasteiger partial charge in [-0.15, -0.1) is 0 Å². The van der Waals surface area contributed by atoms with Crippen molar-refractivity contribution < 1.29 is 14.7 Å². The van der Waals surface area contributed by atoms with Crippen LogP contribution in [0, 0.1) is 12.8 Å². The molecule has 1 N–H and O–H groups in total. The summed E-state index contributed by atoms with van der Waals surface area (Å²) in [6.07, 6.45) is 5.04. The van der Waals surface area contributed by atoms with Gasteiger partial charge in [0.05, 0.1) is 17.8 Å². The highest BCUT2D eigenvalue weighted by atomic mass is 16.4. The first-order chi connectivity index (χ1) is 11.5. The number of rotatable bonds is 3. The lowest BCUT2D eigenvalue weighted by Crippen LogP contribution is -2.49. The standard InChI is InChI=1S/C18H21N3O3/c1-12-10-19-21(11-12)15-7-5-14(6-8-15)17(22)20-9-3-4-16(13(20)2)18(23)24/h5-8,10-11,13,16H,3-4,9H2,1-2H3,(H,23,24)/t13-,16-/m1/s1. The molecular formula is C18H21N3O3. The van der Waals surface area contributed by atoms with Crippen molar-refractivity contribution in [1.29, 1.82) is 0 Å². The Morgan fingerprint density at radius 1 is 1.25 bits per heavy atom. The largest absolute Gasteiger partial charge is 0.481 e. The lowest BCUT2D eigenvalue weighted by atomic mass is 9.90. The molecule has 0 saturated carbocycles. The smallest absolute Gasteiger partial charge is 0.308 e. The minimum atomic E-state index is -0.829. The highest BCUT2D eigenvalue weighted by Crippen LogP contribution is 2.25. The molecule has 1 aliphatic rings. The van der Waals surface area contributed by atoms with Gasteiger partial charge in [-0.25, -0.2) is 4.68 Å². The molecule has 0 aliphatic carbocycles. The van der Waals surface area contributed by atoms with Crippen molar-refractivity contribution in [2.75, 3.05) is 6.54 Å². The first-order valence-electron chi connectivity index (χ1n) is 8.13. The number of benzene rings is 1. The number of amides is 1. The van der Waals surface area contributed by atoms with E-state index < -0.39 is 11.9 Å². The number of carboxylic acid groups (broad SMARTS) is 1. The van der Waals surface area contributed by atoms with Crippen molar-refractivity contribution in [2.45, 2.75) is 32.7 Å². The summed E-state index contributed by atoms with van der Waals surface area (Å²) in [6, 6.07) is 6.95. The Hall–Kier alpha value is -2.63. The van der Waals surface area contributed by atoms with E-state index in [1.807, 2.05) is 32.2 Å². The van der Waals surface area contributed by atoms with Gasteiger partial charge < -0.3 is 10.0 Å². The lowest BCUT2D eigenvalue weighted by Gasteiger charge is -2.37. The third-order valence-corrected chi connectivity index (χ3v) is 4.66. The van der Waals surface area contributed by atoms with Crippen LogP contribution in [-0.4, -0.2) is 44.3 Å². The molecule has 1 aliphatic heterocycles. The number of nitrogens with zero attached hydrogens (tertiary/aromatic N) is 3. The number of likely N-dealkylation sites (tertiary alicyclic amines) is 1. The Kier molecular flexibility index (Phi) is 4.38. The van der Waals surface area contributed by atoms with Gasteiger partial charge in [0.1, 0.15) is 0 Å². The van der Waals surface area contributed by atoms with E-state index in [4.69, 9.17) is 0 Å². The highest BCUT2D eigenvalue weighted by Gasteiger charge is 2.35. The van der Waals surface area contributed by atoms with Gasteiger partial charge in [-0.1, -0.05) is 0 Å². The van der Waals surface area contributed by atoms with Crippen LogP contribution in [0.2, 0.25) is 0 Å². The van der Waals surface area contributed by atoms with Crippen LogP contribution in [0.1, 0.15) is 35.7 Å². The van der Waals surface area contributed by atoms with Crippen LogP contribution in [0.4, 0.5) is 0 Å². The van der Waals surface area contributed by atoms with E-state index in [0.29, 0.717) is 18.5 Å². The van der Waals surface area contributed by atoms with E-state index in [0.717, 1.165) is 17.7 Å². The second-order valence-electron chi connectivity index (χ2n) is 6.34. The fourth-order valence-corrected chi connectivity index (χ4v) is 3.24. The van der Waals surface area contributed by atoms with E-state index in [1.54, 1.807) is 27.9 Å². The van der Waals surface area contributed by atoms with E-state index in [2.05, 4.69) is 5.10 Å². The highest BCUT2D eigenvalue weighted by molar-refractivity contribution is 5.95. The monoisotopic (exact) mass is 327 g/mol. The average molecular weight is 327 g/mol. The third-order valence-electron chi connectivity index (χ3n) is 4.66. The molecule has 24 heavy (non-hydrogen) atoms. The first-order valence-corrected chi connectivity index (χ1v) is 8.13. The normalized spacial score (nSPS) is 20.8. The van der Waals surface area contributed by atoms with Crippen LogP contribution in [0.5, 0.6) is 0 Å². The summed E-state index contributed by atoms with van der Waals surface area (Å²) in [5, 5.41) is 13.5. The zero-order valence-electron chi connectivity index (χ0n) is 13.8. The molecule has 126 valence electrons. The van der Waals surface area contributed by atoms with Gasteiger partial charge >= 0.3 is 5.97 Å². The molecule has 3 rings (SSSR count). The van der Waals surface area contributed by atoms with Crippen LogP contribution < -0.4 is 0 Å². The van der Waals surface area contributed by atoms with Gasteiger partial charge in [0, 0.05) is 24.3 Å². The van der Waals surface area contributed by atoms with Gasteiger partial charge in [0.15, 0.2) is 0 Å². The van der Waals surface area contributed by atoms with Gasteiger partial charge in [-0.05, 0) is 56.5 Å². The number of hydrogen-bond donors (Lipinski definition) is 1. The summed E-state index contributed by atoms with van der Waals surface area (Å²) >= 11 is 0. The molecule has 2 aromatic rings. The number of hydrogen-bond acceptors (Lipinski definition) is 3. The summed E-state index contributed by atoms with van der Waals surface area (Å²) in [4.78, 5) is 25.7. The SMILES string of the molecule is Cc1cnn(-c2ccc(C(=O)N3CCC[C@@H](C(=O)O)[C@H]3C)cc2)c1. The van der Waals surface area contributed by atoms with Crippen LogP contribution in [0.25, 0.3) is 5.69 Å². The number of piperidine rings is 1. The lowest BCUT2D eigenvalue weighted by molar-refractivity contribution is -0.144. The molecule has 0 spiro atoms. The second-order valence-corrected chi connectivity index (χ2v) is 6.34. The number of aliphatic carboxylic acids is 1. The first kappa shape index (κ1) is 16.2. The Bertz CT molecular complexity index is 751. The maximum atomic E-state index is 12.7. The molecule has 1 fully saturated rings. The summed E-state index contributed by atoms with van der Waals surface area (Å²) in [7, 11) is 0. The zero-order chi connectivity index (χ0) is 17.3. The van der Waals surface area contributed by atoms with Crippen molar-refractivity contribution in [1.82, 2.24) is 14.7 Å². The molecule has 0 bridgehead atoms. The van der Waals surface area contributed by atoms with Crippen molar-refractivity contribution in [3.8, 4) is 5.69 Å². The minimum absolute atomic E-state index is 0.114. The van der Waals surface area contributed by atoms with E-state index in [-0.39, 0.29) is 11.9 Å². The maximum Gasteiger partial charge on any atom is 0.308 e. The molecular weight excluding hydrogens is 306 g/mol. The summed E-state index contributed by atoms with van der Waals surface area (Å²) < 4.78 is 1.76. The van der Waals surface area contributed by atoms with Crippen LogP contribution in [0.15, 0.2) is 36.7 Å². The topological polar surface area (TPSA) is 75.4 Å². The number of aryl methyl sites for hydroxylation is 1. The molecule has 1 saturated heterocycles. The van der Waals surface area contributed by atoms with Crippen molar-refractivity contribution in [3.05, 3.63) is 47.8 Å². The fraction of sp³-hybridized carbons (Fsp3) is 0.389. The second kappa shape index (κ2) is 6.47. The van der Waals surface area contributed by atoms with Gasteiger partial charge in [-0.3, -0.25) is 9.59 Å². The summed E-state index contributed by atoms with van der Waals surface area (Å²) in [5.74, 6) is -1.44. The van der Waals surface area contributed by atoms with E-state index in [1.165, 1.54) is 0 Å². The number of aromatic nitrogens is 2. The third kappa shape index (κ3) is 3.04. The molecule has 6 heteroatoms. The van der Waals surface area contributed by atoms with Gasteiger partial charge in [0.2, 0.25) is 0 Å². The van der Waals surface area contributed by atoms with Crippen LogP contribution in [0.3, 0.4) is 0 Å². The minimum Gasteiger partial charge on any atom is -0.481 e. The number of carboxylic acids is 1. The molecule has 0 unspecified atom stereocenters. The predicted octanol–water partition coefficient (Wildman–Crippen LogP) is 2.51. The van der Waals surface area contributed by atoms with E-state index in [9.17, 15) is 14.7 Å². The Morgan fingerprint density at radius 3 is 2.54 bits per heavy atom. The summed E-state index contributed by atoms with van der Waals surface area (Å²) in [6.45, 7) is 4.39. The quantitative estimate of drug-likeness (QED) is 0.940. The number of carbonyl (C=O) groups is 2. The number of carbonyl (C=O) groups excluding carboxylic acids is 1. The van der Waals surface area contributed by atoms with Crippen LogP contribution >= 0.6 is 0 Å². The van der Waals surface area contributed by atoms with Crippen molar-refractivity contribution in [2.24, 2.45) is 5.92 Å². The molecule has 1 aromatic carbocycles. The van der Waals surface area contributed by atoms with Crippen molar-refractivity contribution >= 4 is 11.9 Å². The molecule has 6 nitrogen and oxygen atoms in total. The maximum absolute atomic E-state index is 12.7. The predicted molar refractivity (Wildman–Crippen MR) is 89.2 cm³/mol. The fourth-order valence-electron chi connectivity index (χ4n) is 3.24. The zero-order valence-corrected chi connectivity index (χ0v) is 13.8. The van der Waals surface area contributed by atoms with Crippen LogP contribution in [-0.2, 0) is 4.79 Å². The molecule has 1 amide bonds. The molecule has 0 radical (unpaired) electrons. The van der Waals surface area contributed by atoms with E-state index >= 15 is 0 Å². The van der Waals surface area contributed by atoms with Crippen molar-refractivity contribution in [3.63, 3.8) is 0 Å². The summed E-state index contributed by atoms with van der Waals surface area (Å²) in [5.41, 5.74) is 2.52. The van der Waals surface area contributed by atoms with Gasteiger partial charge in [0.25, 0.3) is 5.91 Å². The molecule has 2 heterocycles. The Morgan fingerprint density at radius 2 is 1.96 bits per heavy atom. The Labute approximate surface area is 140 Å². The molecule has 1 aromatic heterocycles. The van der Waals surface area contributed by atoms with Gasteiger partial charge in [-0.2, -0.15) is 5.10 Å². The Balaban J connectivity index is 1.78. The average Bonchev–Trinajstić information content (AvgIpc) is 3.01.